The Hall–Kier alpha value is -0.610. The van der Waals surface area contributed by atoms with Gasteiger partial charge < -0.3 is 16.2 Å². The monoisotopic (exact) mass is 144 g/mol. The van der Waals surface area contributed by atoms with Crippen LogP contribution in [0.3, 0.4) is 0 Å². The Morgan fingerprint density at radius 3 is 2.70 bits per heavy atom. The lowest BCUT2D eigenvalue weighted by Crippen LogP contribution is -2.44. The van der Waals surface area contributed by atoms with Gasteiger partial charge in [0.2, 0.25) is 5.91 Å². The minimum absolute atomic E-state index is 0.203. The van der Waals surface area contributed by atoms with Crippen LogP contribution in [0.2, 0.25) is 0 Å². The number of aliphatic hydroxyl groups is 1. The maximum absolute atomic E-state index is 10.5. The molecule has 1 amide bonds. The van der Waals surface area contributed by atoms with E-state index >= 15 is 0 Å². The van der Waals surface area contributed by atoms with E-state index in [0.29, 0.717) is 6.04 Å². The molecule has 0 spiro atoms. The number of hydrogen-bond donors (Lipinski definition) is 3. The van der Waals surface area contributed by atoms with Crippen LogP contribution in [0, 0.1) is 0 Å². The second-order valence-electron chi connectivity index (χ2n) is 2.58. The summed E-state index contributed by atoms with van der Waals surface area (Å²) < 4.78 is 0. The van der Waals surface area contributed by atoms with Gasteiger partial charge in [0.15, 0.2) is 0 Å². The van der Waals surface area contributed by atoms with Gasteiger partial charge in [0.05, 0.1) is 6.61 Å². The van der Waals surface area contributed by atoms with Crippen molar-refractivity contribution in [3.8, 4) is 0 Å². The molecule has 0 aliphatic heterocycles. The first kappa shape index (κ1) is 7.50. The number of carbonyl (C=O) groups is 1. The Balaban J connectivity index is 2.24. The van der Waals surface area contributed by atoms with E-state index in [4.69, 9.17) is 10.8 Å². The van der Waals surface area contributed by atoms with Crippen LogP contribution in [-0.4, -0.2) is 29.7 Å². The van der Waals surface area contributed by atoms with E-state index < -0.39 is 11.9 Å². The molecule has 1 atom stereocenters. The number of rotatable bonds is 4. The van der Waals surface area contributed by atoms with Crippen LogP contribution >= 0.6 is 0 Å². The minimum Gasteiger partial charge on any atom is -0.394 e. The fraction of sp³-hybridized carbons (Fsp3) is 0.833. The Bertz CT molecular complexity index is 134. The predicted octanol–water partition coefficient (Wildman–Crippen LogP) is -1.42. The summed E-state index contributed by atoms with van der Waals surface area (Å²) in [6.45, 7) is -0.203. The third-order valence-electron chi connectivity index (χ3n) is 1.54. The van der Waals surface area contributed by atoms with Gasteiger partial charge in [0, 0.05) is 6.04 Å². The van der Waals surface area contributed by atoms with Crippen LogP contribution in [0.15, 0.2) is 0 Å². The van der Waals surface area contributed by atoms with Crippen molar-refractivity contribution in [2.45, 2.75) is 24.9 Å². The van der Waals surface area contributed by atoms with E-state index in [1.807, 2.05) is 0 Å². The van der Waals surface area contributed by atoms with E-state index in [1.165, 1.54) is 0 Å². The normalized spacial score (nSPS) is 20.5. The van der Waals surface area contributed by atoms with Gasteiger partial charge in [-0.05, 0) is 12.8 Å². The summed E-state index contributed by atoms with van der Waals surface area (Å²) in [5.74, 6) is -0.477. The lowest BCUT2D eigenvalue weighted by molar-refractivity contribution is -0.120. The van der Waals surface area contributed by atoms with E-state index in [0.717, 1.165) is 12.8 Å². The van der Waals surface area contributed by atoms with Crippen LogP contribution in [0.5, 0.6) is 0 Å². The van der Waals surface area contributed by atoms with Crippen LogP contribution in [0.1, 0.15) is 12.8 Å². The number of amides is 1. The number of hydrogen-bond acceptors (Lipinski definition) is 3. The van der Waals surface area contributed by atoms with Crippen LogP contribution in [0.4, 0.5) is 0 Å². The van der Waals surface area contributed by atoms with Crippen molar-refractivity contribution >= 4 is 5.91 Å². The minimum atomic E-state index is -0.549. The predicted molar refractivity (Wildman–Crippen MR) is 36.2 cm³/mol. The SMILES string of the molecule is NC(=O)C(CO)NC1CC1. The molecule has 0 saturated heterocycles. The Labute approximate surface area is 59.4 Å². The van der Waals surface area contributed by atoms with Crippen molar-refractivity contribution in [2.24, 2.45) is 5.73 Å². The zero-order valence-corrected chi connectivity index (χ0v) is 5.71. The van der Waals surface area contributed by atoms with Crippen LogP contribution in [0.25, 0.3) is 0 Å². The molecule has 0 bridgehead atoms. The Morgan fingerprint density at radius 1 is 1.80 bits per heavy atom. The van der Waals surface area contributed by atoms with Crippen molar-refractivity contribution in [1.82, 2.24) is 5.32 Å². The standard InChI is InChI=1S/C6H12N2O2/c7-6(10)5(3-9)8-4-1-2-4/h4-5,8-9H,1-3H2,(H2,7,10). The number of aliphatic hydroxyl groups excluding tert-OH is 1. The molecule has 4 N–H and O–H groups in total. The van der Waals surface area contributed by atoms with Crippen molar-refractivity contribution in [3.05, 3.63) is 0 Å². The molecule has 0 aromatic heterocycles. The molecule has 10 heavy (non-hydrogen) atoms. The summed E-state index contributed by atoms with van der Waals surface area (Å²) in [5.41, 5.74) is 4.96. The molecular formula is C6H12N2O2. The highest BCUT2D eigenvalue weighted by Gasteiger charge is 2.26. The zero-order chi connectivity index (χ0) is 7.56. The summed E-state index contributed by atoms with van der Waals surface area (Å²) in [5, 5.41) is 11.5. The van der Waals surface area contributed by atoms with Gasteiger partial charge in [0.25, 0.3) is 0 Å². The summed E-state index contributed by atoms with van der Waals surface area (Å²) in [6.07, 6.45) is 2.17. The number of nitrogens with one attached hydrogen (secondary N) is 1. The molecule has 1 aliphatic rings. The fourth-order valence-electron chi connectivity index (χ4n) is 0.759. The highest BCUT2D eigenvalue weighted by atomic mass is 16.3. The molecule has 0 heterocycles. The first-order chi connectivity index (χ1) is 4.74. The van der Waals surface area contributed by atoms with Crippen molar-refractivity contribution in [3.63, 3.8) is 0 Å². The van der Waals surface area contributed by atoms with Gasteiger partial charge in [-0.1, -0.05) is 0 Å². The molecule has 0 aromatic rings. The smallest absolute Gasteiger partial charge is 0.236 e. The van der Waals surface area contributed by atoms with Gasteiger partial charge in [-0.25, -0.2) is 0 Å². The highest BCUT2D eigenvalue weighted by molar-refractivity contribution is 5.80. The van der Waals surface area contributed by atoms with E-state index in [-0.39, 0.29) is 6.61 Å². The number of carbonyl (C=O) groups excluding carboxylic acids is 1. The van der Waals surface area contributed by atoms with Gasteiger partial charge in [0.1, 0.15) is 6.04 Å². The molecule has 1 rings (SSSR count). The fourth-order valence-corrected chi connectivity index (χ4v) is 0.759. The molecule has 0 radical (unpaired) electrons. The number of primary amides is 1. The molecule has 58 valence electrons. The second kappa shape index (κ2) is 2.98. The number of nitrogens with two attached hydrogens (primary N) is 1. The molecule has 0 aromatic carbocycles. The second-order valence-corrected chi connectivity index (χ2v) is 2.58. The Kier molecular flexibility index (Phi) is 2.24. The first-order valence-electron chi connectivity index (χ1n) is 3.40. The molecule has 1 fully saturated rings. The first-order valence-corrected chi connectivity index (χ1v) is 3.40. The van der Waals surface area contributed by atoms with Crippen molar-refractivity contribution in [2.75, 3.05) is 6.61 Å². The van der Waals surface area contributed by atoms with Gasteiger partial charge in [-0.2, -0.15) is 0 Å². The highest BCUT2D eigenvalue weighted by Crippen LogP contribution is 2.19. The molecule has 1 saturated carbocycles. The lowest BCUT2D eigenvalue weighted by atomic mass is 10.3. The molecular weight excluding hydrogens is 132 g/mol. The summed E-state index contributed by atoms with van der Waals surface area (Å²) >= 11 is 0. The summed E-state index contributed by atoms with van der Waals surface area (Å²) in [4.78, 5) is 10.5. The average molecular weight is 144 g/mol. The van der Waals surface area contributed by atoms with Gasteiger partial charge >= 0.3 is 0 Å². The van der Waals surface area contributed by atoms with Gasteiger partial charge in [-0.15, -0.1) is 0 Å². The summed E-state index contributed by atoms with van der Waals surface area (Å²) in [6, 6.07) is -0.142. The molecule has 1 aliphatic carbocycles. The maximum Gasteiger partial charge on any atom is 0.236 e. The quantitative estimate of drug-likeness (QED) is 0.453. The van der Waals surface area contributed by atoms with Crippen LogP contribution < -0.4 is 11.1 Å². The third kappa shape index (κ3) is 1.97. The Morgan fingerprint density at radius 2 is 2.40 bits per heavy atom. The van der Waals surface area contributed by atoms with Gasteiger partial charge in [-0.3, -0.25) is 4.79 Å². The summed E-state index contributed by atoms with van der Waals surface area (Å²) in [7, 11) is 0. The van der Waals surface area contributed by atoms with Crippen molar-refractivity contribution in [1.29, 1.82) is 0 Å². The lowest BCUT2D eigenvalue weighted by Gasteiger charge is -2.10. The van der Waals surface area contributed by atoms with Crippen molar-refractivity contribution < 1.29 is 9.90 Å². The molecule has 4 nitrogen and oxygen atoms in total. The topological polar surface area (TPSA) is 75.4 Å². The average Bonchev–Trinajstić information content (AvgIpc) is 2.64. The van der Waals surface area contributed by atoms with E-state index in [9.17, 15) is 4.79 Å². The van der Waals surface area contributed by atoms with E-state index in [2.05, 4.69) is 5.32 Å². The van der Waals surface area contributed by atoms with Crippen LogP contribution in [-0.2, 0) is 4.79 Å². The van der Waals surface area contributed by atoms with E-state index in [1.54, 1.807) is 0 Å². The molecule has 4 heteroatoms. The molecule has 1 unspecified atom stereocenters. The maximum atomic E-state index is 10.5. The third-order valence-corrected chi connectivity index (χ3v) is 1.54. The zero-order valence-electron chi connectivity index (χ0n) is 5.71. The largest absolute Gasteiger partial charge is 0.394 e.